The molecule has 2 nitrogen and oxygen atoms in total. The maximum atomic E-state index is 5.19. The first kappa shape index (κ1) is 5.99. The fraction of sp³-hybridized carbons (Fsp3) is 0. The third-order valence-electron chi connectivity index (χ3n) is 1.52. The molecule has 0 fully saturated rings. The summed E-state index contributed by atoms with van der Waals surface area (Å²) >= 11 is 0. The largest absolute Gasteiger partial charge is 0.240 e. The van der Waals surface area contributed by atoms with E-state index in [4.69, 9.17) is 6.42 Å². The van der Waals surface area contributed by atoms with E-state index in [-0.39, 0.29) is 0 Å². The quantitative estimate of drug-likeness (QED) is 0.507. The van der Waals surface area contributed by atoms with E-state index < -0.39 is 0 Å². The van der Waals surface area contributed by atoms with E-state index in [1.807, 2.05) is 30.5 Å². The third kappa shape index (κ3) is 0.870. The fourth-order valence-corrected chi connectivity index (χ4v) is 1.01. The van der Waals surface area contributed by atoms with Crippen LogP contribution in [0.25, 0.3) is 5.52 Å². The van der Waals surface area contributed by atoms with E-state index >= 15 is 0 Å². The predicted octanol–water partition coefficient (Wildman–Crippen LogP) is 1.32. The fourth-order valence-electron chi connectivity index (χ4n) is 1.01. The van der Waals surface area contributed by atoms with E-state index in [9.17, 15) is 0 Å². The lowest BCUT2D eigenvalue weighted by atomic mass is 10.4. The van der Waals surface area contributed by atoms with Gasteiger partial charge in [-0.05, 0) is 24.1 Å². The second kappa shape index (κ2) is 2.14. The molecule has 2 aromatic heterocycles. The van der Waals surface area contributed by atoms with Crippen LogP contribution in [0.15, 0.2) is 30.5 Å². The first-order valence-electron chi connectivity index (χ1n) is 3.31. The van der Waals surface area contributed by atoms with E-state index in [2.05, 4.69) is 11.0 Å². The molecule has 0 aliphatic heterocycles. The molecular formula is C9H6N2. The van der Waals surface area contributed by atoms with Gasteiger partial charge in [0.15, 0.2) is 0 Å². The highest BCUT2D eigenvalue weighted by atomic mass is 15.2. The lowest BCUT2D eigenvalue weighted by Gasteiger charge is -1.86. The van der Waals surface area contributed by atoms with Crippen molar-refractivity contribution in [2.45, 2.75) is 0 Å². The average Bonchev–Trinajstić information content (AvgIpc) is 2.46. The van der Waals surface area contributed by atoms with Crippen molar-refractivity contribution in [2.75, 3.05) is 0 Å². The molecule has 11 heavy (non-hydrogen) atoms. The second-order valence-corrected chi connectivity index (χ2v) is 2.24. The molecule has 0 N–H and O–H groups in total. The lowest BCUT2D eigenvalue weighted by molar-refractivity contribution is 0.952. The van der Waals surface area contributed by atoms with Gasteiger partial charge >= 0.3 is 0 Å². The van der Waals surface area contributed by atoms with Crippen molar-refractivity contribution in [3.63, 3.8) is 0 Å². The molecule has 0 radical (unpaired) electrons. The SMILES string of the molecule is C#Cc1cc2ccccn2n1. The Morgan fingerprint density at radius 3 is 3.09 bits per heavy atom. The van der Waals surface area contributed by atoms with Crippen LogP contribution < -0.4 is 0 Å². The molecule has 0 bridgehead atoms. The highest BCUT2D eigenvalue weighted by Gasteiger charge is 1.94. The number of terminal acetylenes is 1. The van der Waals surface area contributed by atoms with Gasteiger partial charge in [-0.2, -0.15) is 5.10 Å². The van der Waals surface area contributed by atoms with Crippen molar-refractivity contribution in [3.8, 4) is 12.3 Å². The van der Waals surface area contributed by atoms with E-state index in [1.165, 1.54) is 0 Å². The third-order valence-corrected chi connectivity index (χ3v) is 1.52. The molecule has 0 aliphatic carbocycles. The van der Waals surface area contributed by atoms with Gasteiger partial charge < -0.3 is 0 Å². The summed E-state index contributed by atoms with van der Waals surface area (Å²) in [6.07, 6.45) is 7.06. The smallest absolute Gasteiger partial charge is 0.136 e. The molecule has 0 spiro atoms. The molecule has 2 aromatic rings. The lowest BCUT2D eigenvalue weighted by Crippen LogP contribution is -1.83. The molecule has 0 atom stereocenters. The Bertz CT molecular complexity index is 387. The summed E-state index contributed by atoms with van der Waals surface area (Å²) in [4.78, 5) is 0. The summed E-state index contributed by atoms with van der Waals surface area (Å²) in [5.74, 6) is 2.48. The summed E-state index contributed by atoms with van der Waals surface area (Å²) in [6.45, 7) is 0. The van der Waals surface area contributed by atoms with E-state index in [1.54, 1.807) is 4.52 Å². The highest BCUT2D eigenvalue weighted by molar-refractivity contribution is 5.50. The summed E-state index contributed by atoms with van der Waals surface area (Å²) in [5.41, 5.74) is 1.71. The van der Waals surface area contributed by atoms with Crippen LogP contribution >= 0.6 is 0 Å². The minimum absolute atomic E-state index is 0.677. The monoisotopic (exact) mass is 142 g/mol. The maximum Gasteiger partial charge on any atom is 0.136 e. The van der Waals surface area contributed by atoms with Gasteiger partial charge in [-0.3, -0.25) is 0 Å². The Morgan fingerprint density at radius 2 is 2.36 bits per heavy atom. The van der Waals surface area contributed by atoms with Gasteiger partial charge in [0.25, 0.3) is 0 Å². The molecule has 52 valence electrons. The van der Waals surface area contributed by atoms with Crippen LogP contribution in [-0.4, -0.2) is 9.61 Å². The van der Waals surface area contributed by atoms with Gasteiger partial charge in [-0.1, -0.05) is 6.07 Å². The molecule has 0 aliphatic rings. The van der Waals surface area contributed by atoms with Crippen molar-refractivity contribution < 1.29 is 0 Å². The van der Waals surface area contributed by atoms with Crippen molar-refractivity contribution >= 4 is 5.52 Å². The number of rotatable bonds is 0. The van der Waals surface area contributed by atoms with E-state index in [0.717, 1.165) is 5.52 Å². The number of hydrogen-bond donors (Lipinski definition) is 0. The Balaban J connectivity index is 2.81. The van der Waals surface area contributed by atoms with Crippen LogP contribution in [0.3, 0.4) is 0 Å². The number of fused-ring (bicyclic) bond motifs is 1. The highest BCUT2D eigenvalue weighted by Crippen LogP contribution is 2.03. The second-order valence-electron chi connectivity index (χ2n) is 2.24. The molecule has 0 saturated heterocycles. The van der Waals surface area contributed by atoms with Crippen molar-refractivity contribution in [1.29, 1.82) is 0 Å². The Morgan fingerprint density at radius 1 is 1.45 bits per heavy atom. The van der Waals surface area contributed by atoms with E-state index in [0.29, 0.717) is 5.69 Å². The Hall–Kier alpha value is -1.75. The molecule has 0 unspecified atom stereocenters. The zero-order valence-electron chi connectivity index (χ0n) is 5.86. The van der Waals surface area contributed by atoms with Crippen LogP contribution in [0, 0.1) is 12.3 Å². The summed E-state index contributed by atoms with van der Waals surface area (Å²) in [7, 11) is 0. The summed E-state index contributed by atoms with van der Waals surface area (Å²) in [5, 5.41) is 4.11. The molecule has 2 heteroatoms. The van der Waals surface area contributed by atoms with Crippen molar-refractivity contribution in [3.05, 3.63) is 36.2 Å². The van der Waals surface area contributed by atoms with Crippen LogP contribution in [-0.2, 0) is 0 Å². The Kier molecular flexibility index (Phi) is 1.16. The molecule has 2 heterocycles. The topological polar surface area (TPSA) is 17.3 Å². The van der Waals surface area contributed by atoms with Gasteiger partial charge in [0.05, 0.1) is 5.52 Å². The first-order valence-corrected chi connectivity index (χ1v) is 3.31. The number of hydrogen-bond acceptors (Lipinski definition) is 1. The van der Waals surface area contributed by atoms with Crippen molar-refractivity contribution in [2.24, 2.45) is 0 Å². The first-order chi connectivity index (χ1) is 5.40. The van der Waals surface area contributed by atoms with Gasteiger partial charge in [0.1, 0.15) is 5.69 Å². The molecule has 0 aromatic carbocycles. The zero-order chi connectivity index (χ0) is 7.68. The standard InChI is InChI=1S/C9H6N2/c1-2-8-7-9-5-3-4-6-11(9)10-8/h1,3-7H. The predicted molar refractivity (Wildman–Crippen MR) is 43.1 cm³/mol. The average molecular weight is 142 g/mol. The van der Waals surface area contributed by atoms with Gasteiger partial charge in [0, 0.05) is 6.20 Å². The Labute approximate surface area is 64.5 Å². The number of nitrogens with zero attached hydrogens (tertiary/aromatic N) is 2. The minimum Gasteiger partial charge on any atom is -0.240 e. The van der Waals surface area contributed by atoms with Crippen LogP contribution in [0.4, 0.5) is 0 Å². The van der Waals surface area contributed by atoms with Gasteiger partial charge in [0.2, 0.25) is 0 Å². The number of pyridine rings is 1. The van der Waals surface area contributed by atoms with Gasteiger partial charge in [-0.25, -0.2) is 4.52 Å². The normalized spacial score (nSPS) is 9.73. The number of aromatic nitrogens is 2. The summed E-state index contributed by atoms with van der Waals surface area (Å²) < 4.78 is 1.76. The van der Waals surface area contributed by atoms with Crippen LogP contribution in [0.1, 0.15) is 5.69 Å². The van der Waals surface area contributed by atoms with Gasteiger partial charge in [-0.15, -0.1) is 6.42 Å². The molecule has 0 saturated carbocycles. The van der Waals surface area contributed by atoms with Crippen LogP contribution in [0.2, 0.25) is 0 Å². The van der Waals surface area contributed by atoms with Crippen molar-refractivity contribution in [1.82, 2.24) is 9.61 Å². The summed E-state index contributed by atoms with van der Waals surface area (Å²) in [6, 6.07) is 7.71. The minimum atomic E-state index is 0.677. The molecular weight excluding hydrogens is 136 g/mol. The zero-order valence-corrected chi connectivity index (χ0v) is 5.86. The molecule has 0 amide bonds. The van der Waals surface area contributed by atoms with Crippen LogP contribution in [0.5, 0.6) is 0 Å². The molecule has 2 rings (SSSR count). The maximum absolute atomic E-state index is 5.19.